The van der Waals surface area contributed by atoms with Crippen LogP contribution < -0.4 is 5.32 Å². The van der Waals surface area contributed by atoms with E-state index in [4.69, 9.17) is 4.74 Å². The number of nitrogens with one attached hydrogen (secondary N) is 1. The van der Waals surface area contributed by atoms with E-state index < -0.39 is 17.6 Å². The number of hydrogen-bond acceptors (Lipinski definition) is 3. The average Bonchev–Trinajstić information content (AvgIpc) is 3.27. The first-order valence-corrected chi connectivity index (χ1v) is 13.7. The van der Waals surface area contributed by atoms with E-state index >= 15 is 0 Å². The highest BCUT2D eigenvalue weighted by Gasteiger charge is 2.25. The Hall–Kier alpha value is -4.00. The normalized spacial score (nSPS) is 10.9. The highest BCUT2D eigenvalue weighted by Crippen LogP contribution is 2.33. The Morgan fingerprint density at radius 3 is 2.20 bits per heavy atom. The third-order valence-electron chi connectivity index (χ3n) is 6.28. The van der Waals surface area contributed by atoms with E-state index in [1.807, 2.05) is 71.9 Å². The van der Waals surface area contributed by atoms with Gasteiger partial charge in [-0.05, 0) is 47.2 Å². The van der Waals surface area contributed by atoms with E-state index in [1.54, 1.807) is 18.2 Å². The molecule has 4 aromatic rings. The highest BCUT2D eigenvalue weighted by molar-refractivity contribution is 6.10. The van der Waals surface area contributed by atoms with E-state index in [0.717, 1.165) is 28.9 Å². The van der Waals surface area contributed by atoms with Crippen LogP contribution in [0.5, 0.6) is 0 Å². The summed E-state index contributed by atoms with van der Waals surface area (Å²) in [4.78, 5) is 26.4. The van der Waals surface area contributed by atoms with Crippen molar-refractivity contribution in [3.05, 3.63) is 106 Å². The molecule has 0 aliphatic heterocycles. The predicted octanol–water partition coefficient (Wildman–Crippen LogP) is 7.86. The number of nitrogens with zero attached hydrogens (tertiary/aromatic N) is 1. The molecule has 0 bridgehead atoms. The lowest BCUT2D eigenvalue weighted by Gasteiger charge is -2.16. The molecule has 0 aliphatic carbocycles. The van der Waals surface area contributed by atoms with E-state index in [0.29, 0.717) is 35.2 Å². The highest BCUT2D eigenvalue weighted by atomic mass is 19.2. The molecule has 1 amide bonds. The zero-order chi connectivity index (χ0) is 29.4. The van der Waals surface area contributed by atoms with Gasteiger partial charge in [-0.3, -0.25) is 4.79 Å². The molecule has 0 unspecified atom stereocenters. The number of aromatic nitrogens is 1. The number of benzene rings is 3. The Kier molecular flexibility index (Phi) is 10.6. The lowest BCUT2D eigenvalue weighted by Crippen LogP contribution is -2.24. The van der Waals surface area contributed by atoms with Crippen molar-refractivity contribution in [2.75, 3.05) is 6.61 Å². The lowest BCUT2D eigenvalue weighted by atomic mass is 10.0. The predicted molar refractivity (Wildman–Crippen MR) is 156 cm³/mol. The SMILES string of the molecule is CC.CC(C)COC(=O)c1ccc2c(C(=O)NCc3ccc(F)c(F)c3)c(C(C)C)n(Cc3ccccc3)c2c1. The summed E-state index contributed by atoms with van der Waals surface area (Å²) in [5.74, 6) is -2.45. The van der Waals surface area contributed by atoms with Crippen molar-refractivity contribution in [3.63, 3.8) is 0 Å². The van der Waals surface area contributed by atoms with Crippen LogP contribution in [0.25, 0.3) is 10.9 Å². The minimum absolute atomic E-state index is 0.0218. The summed E-state index contributed by atoms with van der Waals surface area (Å²) in [6, 6.07) is 18.7. The maximum atomic E-state index is 13.7. The number of carbonyl (C=O) groups excluding carboxylic acids is 2. The number of carbonyl (C=O) groups is 2. The zero-order valence-corrected chi connectivity index (χ0v) is 24.1. The first kappa shape index (κ1) is 30.5. The molecule has 0 fully saturated rings. The van der Waals surface area contributed by atoms with Gasteiger partial charge in [-0.2, -0.15) is 0 Å². The van der Waals surface area contributed by atoms with Crippen LogP contribution in [-0.4, -0.2) is 23.1 Å². The summed E-state index contributed by atoms with van der Waals surface area (Å²) in [6.07, 6.45) is 0. The second-order valence-electron chi connectivity index (χ2n) is 10.1. The van der Waals surface area contributed by atoms with E-state index in [2.05, 4.69) is 9.88 Å². The minimum Gasteiger partial charge on any atom is -0.462 e. The first-order valence-electron chi connectivity index (χ1n) is 13.7. The molecule has 7 heteroatoms. The molecule has 0 saturated carbocycles. The molecule has 212 valence electrons. The first-order chi connectivity index (χ1) is 19.2. The fourth-order valence-electron chi connectivity index (χ4n) is 4.52. The van der Waals surface area contributed by atoms with Gasteiger partial charge in [0.1, 0.15) is 0 Å². The van der Waals surface area contributed by atoms with Crippen LogP contribution in [0.1, 0.15) is 85.0 Å². The summed E-state index contributed by atoms with van der Waals surface area (Å²) in [6.45, 7) is 12.8. The number of fused-ring (bicyclic) bond motifs is 1. The largest absolute Gasteiger partial charge is 0.462 e. The minimum atomic E-state index is -0.962. The number of hydrogen-bond donors (Lipinski definition) is 1. The van der Waals surface area contributed by atoms with Gasteiger partial charge in [0.05, 0.1) is 23.3 Å². The molecule has 0 spiro atoms. The van der Waals surface area contributed by atoms with Crippen LogP contribution in [-0.2, 0) is 17.8 Å². The molecule has 0 saturated heterocycles. The third kappa shape index (κ3) is 7.14. The van der Waals surface area contributed by atoms with Crippen molar-refractivity contribution in [2.45, 2.75) is 60.5 Å². The molecule has 0 aliphatic rings. The Morgan fingerprint density at radius 1 is 0.875 bits per heavy atom. The quantitative estimate of drug-likeness (QED) is 0.217. The summed E-state index contributed by atoms with van der Waals surface area (Å²) < 4.78 is 34.5. The summed E-state index contributed by atoms with van der Waals surface area (Å²) >= 11 is 0. The fourth-order valence-corrected chi connectivity index (χ4v) is 4.52. The second kappa shape index (κ2) is 13.9. The fraction of sp³-hybridized carbons (Fsp3) is 0.333. The van der Waals surface area contributed by atoms with Gasteiger partial charge in [0.25, 0.3) is 5.91 Å². The molecule has 5 nitrogen and oxygen atoms in total. The molecule has 1 aromatic heterocycles. The van der Waals surface area contributed by atoms with Crippen molar-refractivity contribution in [1.82, 2.24) is 9.88 Å². The Morgan fingerprint density at radius 2 is 1.57 bits per heavy atom. The molecule has 4 rings (SSSR count). The van der Waals surface area contributed by atoms with Crippen LogP contribution in [0, 0.1) is 17.6 Å². The van der Waals surface area contributed by atoms with Gasteiger partial charge in [-0.1, -0.05) is 84.0 Å². The van der Waals surface area contributed by atoms with Gasteiger partial charge in [0.2, 0.25) is 0 Å². The van der Waals surface area contributed by atoms with E-state index in [1.165, 1.54) is 6.07 Å². The number of rotatable bonds is 9. The molecule has 40 heavy (non-hydrogen) atoms. The standard InChI is InChI=1S/C31H32F2N2O3.C2H6/c1-19(2)18-38-31(37)23-11-12-24-27(15-23)35(17-21-8-6-5-7-9-21)29(20(3)4)28(24)30(36)34-16-22-10-13-25(32)26(33)14-22;1-2/h5-15,19-20H,16-18H2,1-4H3,(H,34,36);1-2H3. The zero-order valence-electron chi connectivity index (χ0n) is 24.1. The number of amides is 1. The molecular formula is C33H38F2N2O3. The molecule has 3 aromatic carbocycles. The number of esters is 1. The summed E-state index contributed by atoms with van der Waals surface area (Å²) in [7, 11) is 0. The Labute approximate surface area is 235 Å². The van der Waals surface area contributed by atoms with Crippen LogP contribution in [0.2, 0.25) is 0 Å². The van der Waals surface area contributed by atoms with Crippen molar-refractivity contribution in [3.8, 4) is 0 Å². The van der Waals surface area contributed by atoms with Crippen LogP contribution in [0.15, 0.2) is 66.7 Å². The molecule has 1 heterocycles. The maximum absolute atomic E-state index is 13.7. The number of ether oxygens (including phenoxy) is 1. The molecular weight excluding hydrogens is 510 g/mol. The van der Waals surface area contributed by atoms with Gasteiger partial charge in [0.15, 0.2) is 11.6 Å². The molecule has 0 radical (unpaired) electrons. The Bertz CT molecular complexity index is 1460. The van der Waals surface area contributed by atoms with Crippen LogP contribution >= 0.6 is 0 Å². The van der Waals surface area contributed by atoms with Gasteiger partial charge >= 0.3 is 5.97 Å². The smallest absolute Gasteiger partial charge is 0.338 e. The van der Waals surface area contributed by atoms with Gasteiger partial charge in [-0.15, -0.1) is 0 Å². The van der Waals surface area contributed by atoms with Crippen LogP contribution in [0.4, 0.5) is 8.78 Å². The van der Waals surface area contributed by atoms with Crippen LogP contribution in [0.3, 0.4) is 0 Å². The van der Waals surface area contributed by atoms with E-state index in [9.17, 15) is 18.4 Å². The topological polar surface area (TPSA) is 60.3 Å². The molecule has 1 N–H and O–H groups in total. The second-order valence-corrected chi connectivity index (χ2v) is 10.1. The Balaban J connectivity index is 0.00000216. The lowest BCUT2D eigenvalue weighted by molar-refractivity contribution is 0.0459. The van der Waals surface area contributed by atoms with Crippen molar-refractivity contribution < 1.29 is 23.1 Å². The maximum Gasteiger partial charge on any atom is 0.338 e. The van der Waals surface area contributed by atoms with Crippen molar-refractivity contribution in [1.29, 1.82) is 0 Å². The molecule has 0 atom stereocenters. The summed E-state index contributed by atoms with van der Waals surface area (Å²) in [5.41, 5.74) is 3.97. The monoisotopic (exact) mass is 548 g/mol. The van der Waals surface area contributed by atoms with Crippen molar-refractivity contribution >= 4 is 22.8 Å². The van der Waals surface area contributed by atoms with Crippen molar-refractivity contribution in [2.24, 2.45) is 5.92 Å². The van der Waals surface area contributed by atoms with Gasteiger partial charge in [0, 0.05) is 24.2 Å². The van der Waals surface area contributed by atoms with Gasteiger partial charge < -0.3 is 14.6 Å². The average molecular weight is 549 g/mol. The van der Waals surface area contributed by atoms with Gasteiger partial charge in [-0.25, -0.2) is 13.6 Å². The summed E-state index contributed by atoms with van der Waals surface area (Å²) in [5, 5.41) is 3.57. The third-order valence-corrected chi connectivity index (χ3v) is 6.28. The number of halogens is 2. The van der Waals surface area contributed by atoms with E-state index in [-0.39, 0.29) is 24.3 Å².